The Hall–Kier alpha value is -1.00. The van der Waals surface area contributed by atoms with Crippen molar-refractivity contribution in [2.75, 3.05) is 31.1 Å². The Morgan fingerprint density at radius 1 is 1.27 bits per heavy atom. The molecule has 2 aliphatic heterocycles. The number of carbonyl (C=O) groups is 1. The Morgan fingerprint density at radius 3 is 2.68 bits per heavy atom. The van der Waals surface area contributed by atoms with Crippen LogP contribution in [-0.2, 0) is 4.79 Å². The van der Waals surface area contributed by atoms with E-state index in [0.717, 1.165) is 32.4 Å². The molecule has 1 amide bonds. The molecule has 1 N–H and O–H groups in total. The summed E-state index contributed by atoms with van der Waals surface area (Å²) in [7, 11) is 0. The van der Waals surface area contributed by atoms with E-state index in [-0.39, 0.29) is 17.4 Å². The minimum absolute atomic E-state index is 0.0448. The smallest absolute Gasteiger partial charge is 0.228 e. The minimum Gasteiger partial charge on any atom is -0.350 e. The van der Waals surface area contributed by atoms with Gasteiger partial charge in [-0.3, -0.25) is 4.79 Å². The van der Waals surface area contributed by atoms with E-state index in [4.69, 9.17) is 0 Å². The van der Waals surface area contributed by atoms with E-state index < -0.39 is 0 Å². The predicted molar refractivity (Wildman–Crippen MR) is 93.3 cm³/mol. The van der Waals surface area contributed by atoms with Crippen LogP contribution in [0.4, 0.5) is 0 Å². The van der Waals surface area contributed by atoms with Crippen LogP contribution in [-0.4, -0.2) is 47.5 Å². The fourth-order valence-corrected chi connectivity index (χ4v) is 4.39. The number of rotatable bonds is 5. The van der Waals surface area contributed by atoms with Crippen molar-refractivity contribution in [3.63, 3.8) is 0 Å². The molecule has 2 aliphatic rings. The molecular weight excluding hydrogens is 292 g/mol. The molecule has 22 heavy (non-hydrogen) atoms. The fourth-order valence-electron chi connectivity index (χ4n) is 3.71. The molecule has 0 unspecified atom stereocenters. The summed E-state index contributed by atoms with van der Waals surface area (Å²) in [5.74, 6) is 2.69. The second-order valence-electron chi connectivity index (χ2n) is 6.48. The van der Waals surface area contributed by atoms with Gasteiger partial charge in [0.15, 0.2) is 0 Å². The lowest BCUT2D eigenvalue weighted by atomic mass is 9.82. The molecule has 120 valence electrons. The predicted octanol–water partition coefficient (Wildman–Crippen LogP) is 2.88. The average molecular weight is 318 g/mol. The number of benzene rings is 1. The van der Waals surface area contributed by atoms with Crippen molar-refractivity contribution in [3.05, 3.63) is 35.9 Å². The molecule has 2 heterocycles. The molecule has 3 nitrogen and oxygen atoms in total. The highest BCUT2D eigenvalue weighted by Gasteiger charge is 2.45. The summed E-state index contributed by atoms with van der Waals surface area (Å²) in [6.07, 6.45) is 3.16. The lowest BCUT2D eigenvalue weighted by Crippen LogP contribution is -2.51. The topological polar surface area (TPSA) is 32.3 Å². The first-order valence-electron chi connectivity index (χ1n) is 8.39. The molecular formula is C18H26N2OS. The van der Waals surface area contributed by atoms with Crippen molar-refractivity contribution < 1.29 is 4.79 Å². The molecule has 1 aromatic carbocycles. The van der Waals surface area contributed by atoms with Crippen LogP contribution in [0.25, 0.3) is 0 Å². The highest BCUT2D eigenvalue weighted by Crippen LogP contribution is 2.39. The fraction of sp³-hybridized carbons (Fsp3) is 0.611. The quantitative estimate of drug-likeness (QED) is 0.847. The van der Waals surface area contributed by atoms with Gasteiger partial charge in [-0.1, -0.05) is 37.3 Å². The van der Waals surface area contributed by atoms with E-state index in [0.29, 0.717) is 0 Å². The number of likely N-dealkylation sites (tertiary alicyclic amines) is 1. The molecule has 0 aromatic heterocycles. The molecule has 0 saturated carbocycles. The van der Waals surface area contributed by atoms with E-state index in [1.807, 2.05) is 30.0 Å². The number of hydrogen-bond acceptors (Lipinski definition) is 3. The van der Waals surface area contributed by atoms with Crippen LogP contribution in [0.1, 0.15) is 37.7 Å². The molecule has 1 aromatic rings. The highest BCUT2D eigenvalue weighted by molar-refractivity contribution is 7.99. The standard InChI is InChI=1S/C18H26N2OS/c1-2-22-13-12-20-10-8-18(9-11-20)14-16(17(21)19-18)15-6-4-3-5-7-15/h3-7,16H,2,8-14H2,1H3,(H,19,21)/t16-/m1/s1. The summed E-state index contributed by atoms with van der Waals surface area (Å²) in [5, 5.41) is 3.33. The Morgan fingerprint density at radius 2 is 2.00 bits per heavy atom. The van der Waals surface area contributed by atoms with E-state index in [1.54, 1.807) is 0 Å². The van der Waals surface area contributed by atoms with Crippen LogP contribution in [0.15, 0.2) is 30.3 Å². The Labute approximate surface area is 137 Å². The number of hydrogen-bond donors (Lipinski definition) is 1. The Bertz CT molecular complexity index is 497. The van der Waals surface area contributed by atoms with Crippen molar-refractivity contribution in [2.45, 2.75) is 37.6 Å². The normalized spacial score (nSPS) is 24.6. The number of piperidine rings is 1. The zero-order valence-corrected chi connectivity index (χ0v) is 14.2. The highest BCUT2D eigenvalue weighted by atomic mass is 32.2. The second kappa shape index (κ2) is 7.05. The SMILES string of the molecule is CCSCCN1CCC2(CC1)C[C@H](c1ccccc1)C(=O)N2. The maximum atomic E-state index is 12.4. The summed E-state index contributed by atoms with van der Waals surface area (Å²) in [4.78, 5) is 15.0. The second-order valence-corrected chi connectivity index (χ2v) is 7.87. The first-order valence-corrected chi connectivity index (χ1v) is 9.55. The van der Waals surface area contributed by atoms with Crippen molar-refractivity contribution in [1.82, 2.24) is 10.2 Å². The average Bonchev–Trinajstić information content (AvgIpc) is 2.87. The molecule has 1 atom stereocenters. The molecule has 4 heteroatoms. The first kappa shape index (κ1) is 15.9. The third-order valence-corrected chi connectivity index (χ3v) is 5.95. The maximum Gasteiger partial charge on any atom is 0.228 e. The van der Waals surface area contributed by atoms with Gasteiger partial charge in [-0.2, -0.15) is 11.8 Å². The van der Waals surface area contributed by atoms with E-state index in [2.05, 4.69) is 29.3 Å². The monoisotopic (exact) mass is 318 g/mol. The number of nitrogens with zero attached hydrogens (tertiary/aromatic N) is 1. The summed E-state index contributed by atoms with van der Waals surface area (Å²) in [6, 6.07) is 10.2. The largest absolute Gasteiger partial charge is 0.350 e. The van der Waals surface area contributed by atoms with Crippen LogP contribution >= 0.6 is 11.8 Å². The van der Waals surface area contributed by atoms with Crippen LogP contribution in [0.3, 0.4) is 0 Å². The number of amides is 1. The molecule has 0 radical (unpaired) electrons. The van der Waals surface area contributed by atoms with Gasteiger partial charge < -0.3 is 10.2 Å². The molecule has 2 saturated heterocycles. The molecule has 1 spiro atoms. The van der Waals surface area contributed by atoms with Gasteiger partial charge in [0, 0.05) is 30.9 Å². The lowest BCUT2D eigenvalue weighted by molar-refractivity contribution is -0.121. The van der Waals surface area contributed by atoms with Gasteiger partial charge in [-0.15, -0.1) is 0 Å². The van der Waals surface area contributed by atoms with Crippen molar-refractivity contribution in [3.8, 4) is 0 Å². The zero-order valence-electron chi connectivity index (χ0n) is 13.4. The third kappa shape index (κ3) is 3.49. The zero-order chi connectivity index (χ0) is 15.4. The summed E-state index contributed by atoms with van der Waals surface area (Å²) < 4.78 is 0. The van der Waals surface area contributed by atoms with Gasteiger partial charge in [-0.25, -0.2) is 0 Å². The van der Waals surface area contributed by atoms with Crippen molar-refractivity contribution in [1.29, 1.82) is 0 Å². The van der Waals surface area contributed by atoms with Crippen LogP contribution < -0.4 is 5.32 Å². The van der Waals surface area contributed by atoms with E-state index >= 15 is 0 Å². The van der Waals surface area contributed by atoms with E-state index in [9.17, 15) is 4.79 Å². The van der Waals surface area contributed by atoms with Gasteiger partial charge in [0.1, 0.15) is 0 Å². The van der Waals surface area contributed by atoms with Gasteiger partial charge in [0.05, 0.1) is 5.92 Å². The number of nitrogens with one attached hydrogen (secondary N) is 1. The maximum absolute atomic E-state index is 12.4. The lowest BCUT2D eigenvalue weighted by Gasteiger charge is -2.39. The van der Waals surface area contributed by atoms with Crippen LogP contribution in [0.5, 0.6) is 0 Å². The summed E-state index contributed by atoms with van der Waals surface area (Å²) >= 11 is 2.01. The molecule has 0 aliphatic carbocycles. The van der Waals surface area contributed by atoms with Gasteiger partial charge in [0.25, 0.3) is 0 Å². The Balaban J connectivity index is 1.57. The third-order valence-electron chi connectivity index (χ3n) is 5.07. The summed E-state index contributed by atoms with van der Waals surface area (Å²) in [6.45, 7) is 5.64. The van der Waals surface area contributed by atoms with E-state index in [1.165, 1.54) is 23.6 Å². The molecule has 2 fully saturated rings. The molecule has 0 bridgehead atoms. The van der Waals surface area contributed by atoms with Gasteiger partial charge in [-0.05, 0) is 30.6 Å². The van der Waals surface area contributed by atoms with Crippen LogP contribution in [0, 0.1) is 0 Å². The van der Waals surface area contributed by atoms with Crippen LogP contribution in [0.2, 0.25) is 0 Å². The molecule has 3 rings (SSSR count). The Kier molecular flexibility index (Phi) is 5.09. The van der Waals surface area contributed by atoms with Crippen molar-refractivity contribution >= 4 is 17.7 Å². The first-order chi connectivity index (χ1) is 10.7. The van der Waals surface area contributed by atoms with Crippen molar-refractivity contribution in [2.24, 2.45) is 0 Å². The number of carbonyl (C=O) groups excluding carboxylic acids is 1. The number of thioether (sulfide) groups is 1. The van der Waals surface area contributed by atoms with Gasteiger partial charge in [0.2, 0.25) is 5.91 Å². The summed E-state index contributed by atoms with van der Waals surface area (Å²) in [5.41, 5.74) is 1.21. The van der Waals surface area contributed by atoms with Gasteiger partial charge >= 0.3 is 0 Å². The minimum atomic E-state index is 0.0448.